The molecule has 0 spiro atoms. The molecule has 0 amide bonds. The Kier molecular flexibility index (Phi) is 3.42. The molecule has 0 aliphatic carbocycles. The predicted molar refractivity (Wildman–Crippen MR) is 72.2 cm³/mol. The minimum Gasteiger partial charge on any atom is -0.512 e. The van der Waals surface area contributed by atoms with Crippen LogP contribution in [0.1, 0.15) is 19.8 Å². The maximum Gasteiger partial charge on any atom is 0.310 e. The summed E-state index contributed by atoms with van der Waals surface area (Å²) in [4.78, 5) is 16.3. The molecule has 6 nitrogen and oxygen atoms in total. The number of pyridine rings is 1. The van der Waals surface area contributed by atoms with Crippen LogP contribution in [0.4, 0.5) is 11.4 Å². The summed E-state index contributed by atoms with van der Waals surface area (Å²) in [6.07, 6.45) is 4.49. The van der Waals surface area contributed by atoms with Gasteiger partial charge in [0, 0.05) is 24.7 Å². The molecule has 1 aliphatic heterocycles. The lowest BCUT2D eigenvalue weighted by Crippen LogP contribution is -2.42. The third-order valence-electron chi connectivity index (χ3n) is 3.71. The lowest BCUT2D eigenvalue weighted by molar-refractivity contribution is -0.384. The highest BCUT2D eigenvalue weighted by Crippen LogP contribution is 2.38. The van der Waals surface area contributed by atoms with E-state index in [-0.39, 0.29) is 11.4 Å². The second-order valence-corrected chi connectivity index (χ2v) is 5.15. The van der Waals surface area contributed by atoms with Gasteiger partial charge in [0.15, 0.2) is 0 Å². The smallest absolute Gasteiger partial charge is 0.310 e. The number of rotatable bonds is 3. The number of anilines is 1. The van der Waals surface area contributed by atoms with Crippen molar-refractivity contribution in [3.05, 3.63) is 40.9 Å². The number of aromatic nitrogens is 1. The van der Waals surface area contributed by atoms with Crippen LogP contribution < -0.4 is 4.90 Å². The van der Waals surface area contributed by atoms with Gasteiger partial charge in [0.05, 0.1) is 10.7 Å². The molecule has 102 valence electrons. The van der Waals surface area contributed by atoms with Crippen LogP contribution in [0.25, 0.3) is 0 Å². The lowest BCUT2D eigenvalue weighted by Gasteiger charge is -2.40. The molecule has 1 saturated heterocycles. The summed E-state index contributed by atoms with van der Waals surface area (Å²) in [5.74, 6) is 0.133. The molecule has 1 aliphatic rings. The third-order valence-corrected chi connectivity index (χ3v) is 3.71. The molecule has 2 rings (SSSR count). The average molecular weight is 263 g/mol. The van der Waals surface area contributed by atoms with E-state index >= 15 is 0 Å². The summed E-state index contributed by atoms with van der Waals surface area (Å²) in [5, 5.41) is 20.7. The van der Waals surface area contributed by atoms with Gasteiger partial charge in [-0.3, -0.25) is 15.1 Å². The first-order chi connectivity index (χ1) is 8.94. The van der Waals surface area contributed by atoms with Crippen LogP contribution in [0.15, 0.2) is 30.8 Å². The fraction of sp³-hybridized carbons (Fsp3) is 0.462. The normalized spacial score (nSPS) is 23.1. The molecule has 1 atom stereocenters. The van der Waals surface area contributed by atoms with Crippen molar-refractivity contribution in [3.63, 3.8) is 0 Å². The molecular weight excluding hydrogens is 246 g/mol. The third kappa shape index (κ3) is 2.52. The van der Waals surface area contributed by atoms with Gasteiger partial charge in [-0.1, -0.05) is 13.5 Å². The molecule has 0 saturated carbocycles. The Balaban J connectivity index is 2.32. The van der Waals surface area contributed by atoms with Crippen LogP contribution >= 0.6 is 0 Å². The van der Waals surface area contributed by atoms with Gasteiger partial charge in [-0.15, -0.1) is 0 Å². The van der Waals surface area contributed by atoms with Crippen LogP contribution in [0.2, 0.25) is 0 Å². The molecule has 1 N–H and O–H groups in total. The summed E-state index contributed by atoms with van der Waals surface area (Å²) in [7, 11) is 0. The van der Waals surface area contributed by atoms with Gasteiger partial charge in [0.2, 0.25) is 0 Å². The van der Waals surface area contributed by atoms with Crippen LogP contribution in [0.5, 0.6) is 0 Å². The molecule has 1 aromatic heterocycles. The van der Waals surface area contributed by atoms with Crippen molar-refractivity contribution >= 4 is 11.4 Å². The quantitative estimate of drug-likeness (QED) is 0.515. The van der Waals surface area contributed by atoms with Gasteiger partial charge in [-0.05, 0) is 18.9 Å². The first-order valence-corrected chi connectivity index (χ1v) is 6.16. The van der Waals surface area contributed by atoms with Crippen molar-refractivity contribution in [1.82, 2.24) is 4.98 Å². The Hall–Kier alpha value is -2.11. The van der Waals surface area contributed by atoms with Crippen molar-refractivity contribution in [2.24, 2.45) is 5.41 Å². The molecule has 0 aromatic carbocycles. The number of nitro groups is 1. The Morgan fingerprint density at radius 1 is 1.68 bits per heavy atom. The van der Waals surface area contributed by atoms with E-state index in [2.05, 4.69) is 11.6 Å². The van der Waals surface area contributed by atoms with Gasteiger partial charge in [-0.25, -0.2) is 0 Å². The highest BCUT2D eigenvalue weighted by Gasteiger charge is 2.35. The zero-order chi connectivity index (χ0) is 14.0. The van der Waals surface area contributed by atoms with Crippen molar-refractivity contribution in [1.29, 1.82) is 0 Å². The molecule has 1 aromatic rings. The minimum absolute atomic E-state index is 0.00435. The van der Waals surface area contributed by atoms with Gasteiger partial charge in [0.25, 0.3) is 0 Å². The minimum atomic E-state index is -0.429. The van der Waals surface area contributed by atoms with Gasteiger partial charge < -0.3 is 10.0 Å². The van der Waals surface area contributed by atoms with E-state index in [1.807, 2.05) is 11.8 Å². The number of hydrogen-bond acceptors (Lipinski definition) is 5. The van der Waals surface area contributed by atoms with Crippen molar-refractivity contribution in [2.45, 2.75) is 19.8 Å². The predicted octanol–water partition coefficient (Wildman–Crippen LogP) is 2.67. The lowest BCUT2D eigenvalue weighted by atomic mass is 9.80. The summed E-state index contributed by atoms with van der Waals surface area (Å²) in [6, 6.07) is 1.64. The SMILES string of the molecule is C=C(O)C1(C)CCCN(c2ccncc2[N+](=O)[O-])C1. The number of aliphatic hydroxyl groups is 1. The first-order valence-electron chi connectivity index (χ1n) is 6.16. The van der Waals surface area contributed by atoms with E-state index in [0.717, 1.165) is 19.4 Å². The standard InChI is InChI=1S/C13H17N3O3/c1-10(17)13(2)5-3-7-15(9-13)11-4-6-14-8-12(11)16(18)19/h4,6,8,17H,1,3,5,7,9H2,2H3. The fourth-order valence-corrected chi connectivity index (χ4v) is 2.47. The number of piperidine rings is 1. The Morgan fingerprint density at radius 2 is 2.42 bits per heavy atom. The first kappa shape index (κ1) is 13.3. The Labute approximate surface area is 111 Å². The van der Waals surface area contributed by atoms with E-state index in [1.165, 1.54) is 6.20 Å². The van der Waals surface area contributed by atoms with E-state index in [4.69, 9.17) is 0 Å². The summed E-state index contributed by atoms with van der Waals surface area (Å²) in [6.45, 7) is 6.79. The fourth-order valence-electron chi connectivity index (χ4n) is 2.47. The van der Waals surface area contributed by atoms with Crippen LogP contribution in [0.3, 0.4) is 0 Å². The Bertz CT molecular complexity index is 518. The number of nitrogens with zero attached hydrogens (tertiary/aromatic N) is 3. The molecule has 1 unspecified atom stereocenters. The highest BCUT2D eigenvalue weighted by atomic mass is 16.6. The average Bonchev–Trinajstić information content (AvgIpc) is 2.38. The number of aliphatic hydroxyl groups excluding tert-OH is 1. The molecule has 0 bridgehead atoms. The van der Waals surface area contributed by atoms with E-state index in [1.54, 1.807) is 12.3 Å². The summed E-state index contributed by atoms with van der Waals surface area (Å²) >= 11 is 0. The van der Waals surface area contributed by atoms with E-state index in [9.17, 15) is 15.2 Å². The van der Waals surface area contributed by atoms with Crippen molar-refractivity contribution in [3.8, 4) is 0 Å². The molecule has 0 radical (unpaired) electrons. The maximum atomic E-state index is 11.0. The monoisotopic (exact) mass is 263 g/mol. The summed E-state index contributed by atoms with van der Waals surface area (Å²) in [5.41, 5.74) is 0.123. The second kappa shape index (κ2) is 4.87. The zero-order valence-corrected chi connectivity index (χ0v) is 10.9. The highest BCUT2D eigenvalue weighted by molar-refractivity contribution is 5.62. The maximum absolute atomic E-state index is 11.0. The van der Waals surface area contributed by atoms with Crippen molar-refractivity contribution < 1.29 is 10.0 Å². The van der Waals surface area contributed by atoms with Crippen LogP contribution in [-0.4, -0.2) is 28.1 Å². The largest absolute Gasteiger partial charge is 0.512 e. The molecule has 1 fully saturated rings. The van der Waals surface area contributed by atoms with Gasteiger partial charge in [-0.2, -0.15) is 0 Å². The topological polar surface area (TPSA) is 79.5 Å². The number of hydrogen-bond donors (Lipinski definition) is 1. The van der Waals surface area contributed by atoms with Gasteiger partial charge in [0.1, 0.15) is 11.9 Å². The van der Waals surface area contributed by atoms with Crippen LogP contribution in [-0.2, 0) is 0 Å². The molecule has 6 heteroatoms. The van der Waals surface area contributed by atoms with Crippen LogP contribution in [0, 0.1) is 15.5 Å². The second-order valence-electron chi connectivity index (χ2n) is 5.15. The molecule has 2 heterocycles. The Morgan fingerprint density at radius 3 is 3.05 bits per heavy atom. The van der Waals surface area contributed by atoms with Crippen molar-refractivity contribution in [2.75, 3.05) is 18.0 Å². The van der Waals surface area contributed by atoms with Gasteiger partial charge >= 0.3 is 5.69 Å². The molecular formula is C13H17N3O3. The zero-order valence-electron chi connectivity index (χ0n) is 10.9. The van der Waals surface area contributed by atoms with E-state index in [0.29, 0.717) is 12.2 Å². The van der Waals surface area contributed by atoms with E-state index < -0.39 is 10.3 Å². The molecule has 19 heavy (non-hydrogen) atoms. The summed E-state index contributed by atoms with van der Waals surface area (Å²) < 4.78 is 0.